The molecule has 0 aliphatic rings. The summed E-state index contributed by atoms with van der Waals surface area (Å²) in [6, 6.07) is 0. The van der Waals surface area contributed by atoms with Crippen LogP contribution in [0.15, 0.2) is 158 Å². The molecule has 1 atom stereocenters. The lowest BCUT2D eigenvalue weighted by molar-refractivity contribution is -0.167. The van der Waals surface area contributed by atoms with Crippen LogP contribution in [-0.2, 0) is 28.6 Å². The molecular formula is C69H108O6. The minimum absolute atomic E-state index is 0.112. The zero-order chi connectivity index (χ0) is 54.3. The lowest BCUT2D eigenvalue weighted by atomic mass is 10.1. The van der Waals surface area contributed by atoms with Crippen LogP contribution in [0, 0.1) is 0 Å². The molecule has 0 aliphatic heterocycles. The van der Waals surface area contributed by atoms with Gasteiger partial charge in [0.05, 0.1) is 0 Å². The van der Waals surface area contributed by atoms with Crippen molar-refractivity contribution in [3.8, 4) is 0 Å². The predicted molar refractivity (Wildman–Crippen MR) is 325 cm³/mol. The third kappa shape index (κ3) is 59.8. The normalized spacial score (nSPS) is 13.3. The first-order chi connectivity index (χ1) is 37.0. The summed E-state index contributed by atoms with van der Waals surface area (Å²) in [6.45, 7) is 6.29. The number of rotatable bonds is 52. The molecule has 0 aromatic carbocycles. The molecule has 0 spiro atoms. The fourth-order valence-corrected chi connectivity index (χ4v) is 7.56. The minimum atomic E-state index is -0.819. The fourth-order valence-electron chi connectivity index (χ4n) is 7.56. The average molecular weight is 1030 g/mol. The first-order valence-electron chi connectivity index (χ1n) is 30.0. The van der Waals surface area contributed by atoms with Gasteiger partial charge in [-0.15, -0.1) is 0 Å². The Hall–Kier alpha value is -4.97. The van der Waals surface area contributed by atoms with E-state index >= 15 is 0 Å². The van der Waals surface area contributed by atoms with E-state index < -0.39 is 6.10 Å². The highest BCUT2D eigenvalue weighted by Gasteiger charge is 2.19. The van der Waals surface area contributed by atoms with Crippen LogP contribution in [0.25, 0.3) is 0 Å². The maximum absolute atomic E-state index is 12.9. The highest BCUT2D eigenvalue weighted by molar-refractivity contribution is 5.71. The molecule has 0 aromatic rings. The summed E-state index contributed by atoms with van der Waals surface area (Å²) in [7, 11) is 0. The second-order valence-electron chi connectivity index (χ2n) is 19.1. The summed E-state index contributed by atoms with van der Waals surface area (Å²) < 4.78 is 16.8. The van der Waals surface area contributed by atoms with E-state index in [4.69, 9.17) is 14.2 Å². The topological polar surface area (TPSA) is 78.9 Å². The first kappa shape index (κ1) is 70.0. The van der Waals surface area contributed by atoms with Crippen LogP contribution < -0.4 is 0 Å². The lowest BCUT2D eigenvalue weighted by Crippen LogP contribution is -2.30. The molecule has 0 amide bonds. The Bertz CT molecular complexity index is 1710. The molecule has 0 radical (unpaired) electrons. The van der Waals surface area contributed by atoms with Crippen LogP contribution in [0.5, 0.6) is 0 Å². The molecule has 420 valence electrons. The van der Waals surface area contributed by atoms with Crippen molar-refractivity contribution in [2.45, 2.75) is 245 Å². The molecule has 0 bridgehead atoms. The van der Waals surface area contributed by atoms with Crippen molar-refractivity contribution in [3.63, 3.8) is 0 Å². The van der Waals surface area contributed by atoms with Gasteiger partial charge in [0, 0.05) is 19.3 Å². The third-order valence-electron chi connectivity index (χ3n) is 12.0. The Labute approximate surface area is 460 Å². The number of unbranched alkanes of at least 4 members (excludes halogenated alkanes) is 15. The lowest BCUT2D eigenvalue weighted by Gasteiger charge is -2.18. The quantitative estimate of drug-likeness (QED) is 0.0261. The number of ether oxygens (including phenoxy) is 3. The van der Waals surface area contributed by atoms with E-state index in [0.717, 1.165) is 148 Å². The number of hydrogen-bond donors (Lipinski definition) is 0. The third-order valence-corrected chi connectivity index (χ3v) is 12.0. The maximum Gasteiger partial charge on any atom is 0.306 e. The van der Waals surface area contributed by atoms with Gasteiger partial charge in [-0.25, -0.2) is 0 Å². The van der Waals surface area contributed by atoms with Gasteiger partial charge in [-0.2, -0.15) is 0 Å². The van der Waals surface area contributed by atoms with E-state index in [9.17, 15) is 14.4 Å². The van der Waals surface area contributed by atoms with Crippen LogP contribution in [0.4, 0.5) is 0 Å². The number of esters is 3. The number of carbonyl (C=O) groups excluding carboxylic acids is 3. The molecule has 0 rings (SSSR count). The Balaban J connectivity index is 4.48. The van der Waals surface area contributed by atoms with Gasteiger partial charge in [0.25, 0.3) is 0 Å². The van der Waals surface area contributed by atoms with E-state index in [1.807, 2.05) is 0 Å². The van der Waals surface area contributed by atoms with Crippen molar-refractivity contribution in [2.24, 2.45) is 0 Å². The van der Waals surface area contributed by atoms with Gasteiger partial charge in [-0.1, -0.05) is 243 Å². The summed E-state index contributed by atoms with van der Waals surface area (Å²) >= 11 is 0. The van der Waals surface area contributed by atoms with Crippen molar-refractivity contribution in [1.29, 1.82) is 0 Å². The zero-order valence-corrected chi connectivity index (χ0v) is 48.0. The molecule has 0 saturated carbocycles. The van der Waals surface area contributed by atoms with Crippen LogP contribution in [0.3, 0.4) is 0 Å². The highest BCUT2D eigenvalue weighted by Crippen LogP contribution is 2.13. The molecule has 0 aromatic heterocycles. The van der Waals surface area contributed by atoms with Crippen molar-refractivity contribution >= 4 is 17.9 Å². The number of allylic oxidation sites excluding steroid dienone is 26. The van der Waals surface area contributed by atoms with Crippen LogP contribution in [0.2, 0.25) is 0 Å². The van der Waals surface area contributed by atoms with Gasteiger partial charge in [0.2, 0.25) is 0 Å². The molecular weight excluding hydrogens is 925 g/mol. The first-order valence-corrected chi connectivity index (χ1v) is 30.0. The van der Waals surface area contributed by atoms with Crippen LogP contribution >= 0.6 is 0 Å². The number of carbonyl (C=O) groups is 3. The molecule has 6 heteroatoms. The zero-order valence-electron chi connectivity index (χ0n) is 48.0. The highest BCUT2D eigenvalue weighted by atomic mass is 16.6. The Morgan fingerprint density at radius 2 is 0.533 bits per heavy atom. The van der Waals surface area contributed by atoms with E-state index in [-0.39, 0.29) is 37.5 Å². The minimum Gasteiger partial charge on any atom is -0.462 e. The SMILES string of the molecule is CC/C=C\C/C=C\C/C=C\C/C=C\C/C=C\C/C=C\C/C=C\CCCC(=O)OCC(COC(=O)CCCCCCC/C=C\CCCC)OC(=O)CCCCCCCCC/C=C\C/C=C\C/C=C\C/C=C\C/C=C\CC. The van der Waals surface area contributed by atoms with Crippen LogP contribution in [0.1, 0.15) is 239 Å². The summed E-state index contributed by atoms with van der Waals surface area (Å²) in [5.74, 6) is -1.00. The Kier molecular flexibility index (Phi) is 57.5. The smallest absolute Gasteiger partial charge is 0.306 e. The van der Waals surface area contributed by atoms with Gasteiger partial charge in [-0.05, 0) is 135 Å². The van der Waals surface area contributed by atoms with E-state index in [1.165, 1.54) is 44.9 Å². The second kappa shape index (κ2) is 61.6. The molecule has 0 N–H and O–H groups in total. The predicted octanol–water partition coefficient (Wildman–Crippen LogP) is 20.5. The van der Waals surface area contributed by atoms with Gasteiger partial charge in [0.1, 0.15) is 13.2 Å². The summed E-state index contributed by atoms with van der Waals surface area (Å²) in [5.41, 5.74) is 0. The van der Waals surface area contributed by atoms with Gasteiger partial charge >= 0.3 is 17.9 Å². The van der Waals surface area contributed by atoms with E-state index in [1.54, 1.807) is 0 Å². The molecule has 6 nitrogen and oxygen atoms in total. The second-order valence-corrected chi connectivity index (χ2v) is 19.1. The molecule has 0 saturated heterocycles. The molecule has 0 fully saturated rings. The van der Waals surface area contributed by atoms with Gasteiger partial charge in [-0.3, -0.25) is 14.4 Å². The largest absolute Gasteiger partial charge is 0.462 e. The Morgan fingerprint density at radius 3 is 0.880 bits per heavy atom. The molecule has 0 aliphatic carbocycles. The summed E-state index contributed by atoms with van der Waals surface area (Å²) in [6.07, 6.45) is 89.6. The van der Waals surface area contributed by atoms with E-state index in [0.29, 0.717) is 19.3 Å². The fraction of sp³-hybridized carbons (Fsp3) is 0.580. The summed E-state index contributed by atoms with van der Waals surface area (Å²) in [5, 5.41) is 0. The van der Waals surface area contributed by atoms with E-state index in [2.05, 4.69) is 179 Å². The maximum atomic E-state index is 12.9. The molecule has 75 heavy (non-hydrogen) atoms. The monoisotopic (exact) mass is 1030 g/mol. The number of hydrogen-bond acceptors (Lipinski definition) is 6. The van der Waals surface area contributed by atoms with Crippen molar-refractivity contribution < 1.29 is 28.6 Å². The standard InChI is InChI=1S/C69H108O6/c1-4-7-10-13-16-19-22-24-26-28-30-32-34-36-38-40-42-44-47-50-53-56-59-62-68(71)74-65-66(64-73-67(70)61-58-55-52-49-46-21-18-15-12-9-6-3)75-69(72)63-60-57-54-51-48-45-43-41-39-37-35-33-31-29-27-25-23-20-17-14-11-8-5-2/h7-8,10-11,15-20,24-27,30-33,36-39,42,44,50,53,66H,4-6,9,12-14,21-23,28-29,34-35,40-41,43,45-49,51-52,54-65H2,1-3H3/b10-7-,11-8-,18-15-,19-16-,20-17-,26-24-,27-25-,32-30-,33-31-,38-36-,39-37-,44-42-,53-50-. The van der Waals surface area contributed by atoms with Gasteiger partial charge in [0.15, 0.2) is 6.10 Å². The van der Waals surface area contributed by atoms with Gasteiger partial charge < -0.3 is 14.2 Å². The Morgan fingerprint density at radius 1 is 0.280 bits per heavy atom. The summed E-state index contributed by atoms with van der Waals surface area (Å²) in [4.78, 5) is 38.2. The molecule has 1 unspecified atom stereocenters. The molecule has 0 heterocycles. The van der Waals surface area contributed by atoms with Crippen molar-refractivity contribution in [2.75, 3.05) is 13.2 Å². The van der Waals surface area contributed by atoms with Crippen molar-refractivity contribution in [1.82, 2.24) is 0 Å². The van der Waals surface area contributed by atoms with Crippen LogP contribution in [-0.4, -0.2) is 37.2 Å². The average Bonchev–Trinajstić information content (AvgIpc) is 3.41. The van der Waals surface area contributed by atoms with Crippen molar-refractivity contribution in [3.05, 3.63) is 158 Å².